The van der Waals surface area contributed by atoms with Crippen LogP contribution in [0.2, 0.25) is 5.02 Å². The molecule has 27 heavy (non-hydrogen) atoms. The molecule has 0 bridgehead atoms. The van der Waals surface area contributed by atoms with Gasteiger partial charge in [-0.1, -0.05) is 11.6 Å². The van der Waals surface area contributed by atoms with Gasteiger partial charge >= 0.3 is 5.97 Å². The summed E-state index contributed by atoms with van der Waals surface area (Å²) in [6, 6.07) is 11.3. The first-order valence-corrected chi connectivity index (χ1v) is 9.33. The number of carbonyl (C=O) groups is 1. The van der Waals surface area contributed by atoms with Gasteiger partial charge in [0.15, 0.2) is 0 Å². The number of rotatable bonds is 4. The molecule has 0 aliphatic carbocycles. The number of pyridine rings is 1. The molecule has 3 rings (SSSR count). The Morgan fingerprint density at radius 2 is 2.00 bits per heavy atom. The largest absolute Gasteiger partial charge is 0.462 e. The molecule has 2 heterocycles. The Kier molecular flexibility index (Phi) is 6.15. The Hall–Kier alpha value is -2.78. The summed E-state index contributed by atoms with van der Waals surface area (Å²) in [7, 11) is 0. The molecular formula is C20H21ClN4O2. The Morgan fingerprint density at radius 3 is 2.70 bits per heavy atom. The first-order valence-electron chi connectivity index (χ1n) is 8.95. The first-order chi connectivity index (χ1) is 13.1. The van der Waals surface area contributed by atoms with Crippen molar-refractivity contribution in [2.45, 2.75) is 13.3 Å². The maximum Gasteiger partial charge on any atom is 0.339 e. The van der Waals surface area contributed by atoms with Crippen molar-refractivity contribution in [2.24, 2.45) is 0 Å². The molecule has 1 aliphatic rings. The van der Waals surface area contributed by atoms with E-state index in [1.54, 1.807) is 25.3 Å². The van der Waals surface area contributed by atoms with E-state index in [2.05, 4.69) is 20.9 Å². The average Bonchev–Trinajstić information content (AvgIpc) is 2.94. The minimum atomic E-state index is -0.356. The minimum Gasteiger partial charge on any atom is -0.462 e. The number of carbonyl (C=O) groups excluding carboxylic acids is 1. The summed E-state index contributed by atoms with van der Waals surface area (Å²) in [5.41, 5.74) is 1.96. The summed E-state index contributed by atoms with van der Waals surface area (Å²) in [6.07, 6.45) is 2.50. The van der Waals surface area contributed by atoms with Gasteiger partial charge in [-0.25, -0.2) is 9.78 Å². The van der Waals surface area contributed by atoms with Gasteiger partial charge in [-0.15, -0.1) is 0 Å². The molecule has 0 atom stereocenters. The SMILES string of the molecule is CCOC(=O)c1ccc(N2CCCN(c3ccc(Cl)cc3C#N)CC2)nc1. The second-order valence-electron chi connectivity index (χ2n) is 6.23. The van der Waals surface area contributed by atoms with E-state index >= 15 is 0 Å². The second-order valence-corrected chi connectivity index (χ2v) is 6.66. The highest BCUT2D eigenvalue weighted by atomic mass is 35.5. The van der Waals surface area contributed by atoms with Crippen molar-refractivity contribution in [1.29, 1.82) is 5.26 Å². The maximum absolute atomic E-state index is 11.8. The summed E-state index contributed by atoms with van der Waals surface area (Å²) in [5.74, 6) is 0.479. The molecule has 0 N–H and O–H groups in total. The number of benzene rings is 1. The summed E-state index contributed by atoms with van der Waals surface area (Å²) in [5, 5.41) is 9.96. The monoisotopic (exact) mass is 384 g/mol. The summed E-state index contributed by atoms with van der Waals surface area (Å²) in [6.45, 7) is 5.39. The molecule has 1 aliphatic heterocycles. The molecule has 0 unspecified atom stereocenters. The van der Waals surface area contributed by atoms with Crippen molar-refractivity contribution in [3.8, 4) is 6.07 Å². The van der Waals surface area contributed by atoms with Crippen molar-refractivity contribution in [3.05, 3.63) is 52.7 Å². The molecule has 1 fully saturated rings. The van der Waals surface area contributed by atoms with Gasteiger partial charge in [0, 0.05) is 37.4 Å². The van der Waals surface area contributed by atoms with Gasteiger partial charge in [0.05, 0.1) is 23.4 Å². The highest BCUT2D eigenvalue weighted by Gasteiger charge is 2.19. The molecule has 1 saturated heterocycles. The third-order valence-corrected chi connectivity index (χ3v) is 4.73. The summed E-state index contributed by atoms with van der Waals surface area (Å²) < 4.78 is 4.99. The predicted octanol–water partition coefficient (Wildman–Crippen LogP) is 3.50. The Labute approximate surface area is 163 Å². The number of anilines is 2. The van der Waals surface area contributed by atoms with E-state index in [4.69, 9.17) is 16.3 Å². The number of esters is 1. The van der Waals surface area contributed by atoms with E-state index in [0.29, 0.717) is 22.8 Å². The summed E-state index contributed by atoms with van der Waals surface area (Å²) in [4.78, 5) is 20.6. The lowest BCUT2D eigenvalue weighted by Gasteiger charge is -2.25. The number of nitrogens with zero attached hydrogens (tertiary/aromatic N) is 4. The fraction of sp³-hybridized carbons (Fsp3) is 0.350. The van der Waals surface area contributed by atoms with Crippen LogP contribution in [0.15, 0.2) is 36.5 Å². The van der Waals surface area contributed by atoms with Crippen LogP contribution >= 0.6 is 11.6 Å². The van der Waals surface area contributed by atoms with Crippen LogP contribution in [0.3, 0.4) is 0 Å². The van der Waals surface area contributed by atoms with Crippen LogP contribution in [0.1, 0.15) is 29.3 Å². The lowest BCUT2D eigenvalue weighted by molar-refractivity contribution is 0.0526. The Morgan fingerprint density at radius 1 is 1.22 bits per heavy atom. The van der Waals surface area contributed by atoms with Gasteiger partial charge in [0.1, 0.15) is 11.9 Å². The first kappa shape index (κ1) is 19.0. The molecule has 2 aromatic rings. The number of aromatic nitrogens is 1. The fourth-order valence-corrected chi connectivity index (χ4v) is 3.34. The minimum absolute atomic E-state index is 0.345. The molecule has 1 aromatic carbocycles. The van der Waals surface area contributed by atoms with E-state index in [9.17, 15) is 10.1 Å². The number of halogens is 1. The van der Waals surface area contributed by atoms with Crippen molar-refractivity contribution < 1.29 is 9.53 Å². The van der Waals surface area contributed by atoms with Gasteiger partial charge < -0.3 is 14.5 Å². The van der Waals surface area contributed by atoms with Gasteiger partial charge in [-0.2, -0.15) is 5.26 Å². The van der Waals surface area contributed by atoms with E-state index in [-0.39, 0.29) is 5.97 Å². The fourth-order valence-electron chi connectivity index (χ4n) is 3.17. The zero-order chi connectivity index (χ0) is 19.2. The lowest BCUT2D eigenvalue weighted by Crippen LogP contribution is -2.31. The van der Waals surface area contributed by atoms with E-state index in [0.717, 1.165) is 44.1 Å². The van der Waals surface area contributed by atoms with Gasteiger partial charge in [-0.05, 0) is 43.7 Å². The number of nitriles is 1. The highest BCUT2D eigenvalue weighted by Crippen LogP contribution is 2.25. The lowest BCUT2D eigenvalue weighted by atomic mass is 10.1. The topological polar surface area (TPSA) is 69.5 Å². The molecule has 6 nitrogen and oxygen atoms in total. The van der Waals surface area contributed by atoms with Crippen LogP contribution in [0, 0.1) is 11.3 Å². The van der Waals surface area contributed by atoms with Crippen molar-refractivity contribution in [3.63, 3.8) is 0 Å². The van der Waals surface area contributed by atoms with Crippen LogP contribution in [0.4, 0.5) is 11.5 Å². The molecule has 7 heteroatoms. The van der Waals surface area contributed by atoms with E-state index in [1.807, 2.05) is 18.2 Å². The molecule has 140 valence electrons. The molecule has 1 aromatic heterocycles. The van der Waals surface area contributed by atoms with Crippen LogP contribution < -0.4 is 9.80 Å². The maximum atomic E-state index is 11.8. The van der Waals surface area contributed by atoms with Gasteiger partial charge in [-0.3, -0.25) is 0 Å². The molecule has 0 spiro atoms. The van der Waals surface area contributed by atoms with Crippen LogP contribution in [0.5, 0.6) is 0 Å². The van der Waals surface area contributed by atoms with Crippen LogP contribution in [-0.2, 0) is 4.74 Å². The van der Waals surface area contributed by atoms with Crippen LogP contribution in [0.25, 0.3) is 0 Å². The third kappa shape index (κ3) is 4.50. The zero-order valence-corrected chi connectivity index (χ0v) is 15.9. The van der Waals surface area contributed by atoms with Gasteiger partial charge in [0.25, 0.3) is 0 Å². The number of ether oxygens (including phenoxy) is 1. The quantitative estimate of drug-likeness (QED) is 0.751. The molecule has 0 amide bonds. The molecular weight excluding hydrogens is 364 g/mol. The van der Waals surface area contributed by atoms with Crippen molar-refractivity contribution in [1.82, 2.24) is 4.98 Å². The highest BCUT2D eigenvalue weighted by molar-refractivity contribution is 6.30. The average molecular weight is 385 g/mol. The molecule has 0 saturated carbocycles. The van der Waals surface area contributed by atoms with Crippen LogP contribution in [-0.4, -0.2) is 43.7 Å². The van der Waals surface area contributed by atoms with Gasteiger partial charge in [0.2, 0.25) is 0 Å². The Bertz CT molecular complexity index is 848. The number of hydrogen-bond donors (Lipinski definition) is 0. The summed E-state index contributed by atoms with van der Waals surface area (Å²) >= 11 is 6.01. The predicted molar refractivity (Wildman–Crippen MR) is 105 cm³/mol. The smallest absolute Gasteiger partial charge is 0.339 e. The third-order valence-electron chi connectivity index (χ3n) is 4.50. The Balaban J connectivity index is 1.70. The second kappa shape index (κ2) is 8.74. The van der Waals surface area contributed by atoms with Crippen molar-refractivity contribution >= 4 is 29.1 Å². The zero-order valence-electron chi connectivity index (χ0n) is 15.2. The standard InChI is InChI=1S/C20H21ClN4O2/c1-2-27-20(26)15-4-7-19(23-14-15)25-9-3-8-24(10-11-25)18-6-5-17(21)12-16(18)13-22/h4-7,12,14H,2-3,8-11H2,1H3. The van der Waals surface area contributed by atoms with Crippen molar-refractivity contribution in [2.75, 3.05) is 42.6 Å². The van der Waals surface area contributed by atoms with E-state index < -0.39 is 0 Å². The van der Waals surface area contributed by atoms with E-state index in [1.165, 1.54) is 0 Å². The normalized spacial score (nSPS) is 14.4. The number of hydrogen-bond acceptors (Lipinski definition) is 6. The molecule has 0 radical (unpaired) electrons.